The van der Waals surface area contributed by atoms with Crippen LogP contribution in [0.25, 0.3) is 0 Å². The van der Waals surface area contributed by atoms with Crippen molar-refractivity contribution in [2.45, 2.75) is 39.0 Å². The van der Waals surface area contributed by atoms with Crippen molar-refractivity contribution >= 4 is 23.3 Å². The standard InChI is InChI=1S/C16H21ClN2O/c1-12-14(17)8-5-9-15(12)19-16(20)18-11-10-13-6-3-2-4-7-13/h5-6,8-9H,2-4,7,10-11H2,1H3,(H2,18,19,20). The Morgan fingerprint density at radius 1 is 1.35 bits per heavy atom. The second-order valence-corrected chi connectivity index (χ2v) is 5.56. The van der Waals surface area contributed by atoms with Gasteiger partial charge in [-0.1, -0.05) is 29.3 Å². The number of amides is 2. The highest BCUT2D eigenvalue weighted by Crippen LogP contribution is 2.23. The quantitative estimate of drug-likeness (QED) is 0.779. The maximum Gasteiger partial charge on any atom is 0.319 e. The minimum absolute atomic E-state index is 0.174. The van der Waals surface area contributed by atoms with Crippen LogP contribution in [0.2, 0.25) is 5.02 Å². The average molecular weight is 293 g/mol. The average Bonchev–Trinajstić information content (AvgIpc) is 2.45. The van der Waals surface area contributed by atoms with Crippen LogP contribution in [0, 0.1) is 6.92 Å². The maximum absolute atomic E-state index is 11.8. The van der Waals surface area contributed by atoms with Gasteiger partial charge in [0.2, 0.25) is 0 Å². The van der Waals surface area contributed by atoms with Gasteiger partial charge in [-0.15, -0.1) is 0 Å². The Labute approximate surface area is 125 Å². The summed E-state index contributed by atoms with van der Waals surface area (Å²) < 4.78 is 0. The van der Waals surface area contributed by atoms with E-state index >= 15 is 0 Å². The molecule has 4 heteroatoms. The van der Waals surface area contributed by atoms with Gasteiger partial charge in [0, 0.05) is 17.3 Å². The number of anilines is 1. The molecule has 0 saturated carbocycles. The topological polar surface area (TPSA) is 41.1 Å². The smallest absolute Gasteiger partial charge is 0.319 e. The van der Waals surface area contributed by atoms with Gasteiger partial charge in [0.1, 0.15) is 0 Å². The molecule has 1 aliphatic carbocycles. The number of hydrogen-bond donors (Lipinski definition) is 2. The molecule has 1 aromatic carbocycles. The van der Waals surface area contributed by atoms with E-state index in [0.717, 1.165) is 17.7 Å². The molecule has 0 saturated heterocycles. The van der Waals surface area contributed by atoms with E-state index in [1.54, 1.807) is 0 Å². The number of carbonyl (C=O) groups excluding carboxylic acids is 1. The summed E-state index contributed by atoms with van der Waals surface area (Å²) in [5, 5.41) is 6.39. The van der Waals surface area contributed by atoms with Crippen LogP contribution in [0.4, 0.5) is 10.5 Å². The van der Waals surface area contributed by atoms with E-state index in [9.17, 15) is 4.79 Å². The summed E-state index contributed by atoms with van der Waals surface area (Å²) in [6.07, 6.45) is 8.19. The van der Waals surface area contributed by atoms with E-state index in [2.05, 4.69) is 16.7 Å². The van der Waals surface area contributed by atoms with Gasteiger partial charge in [0.25, 0.3) is 0 Å². The molecule has 0 unspecified atom stereocenters. The zero-order chi connectivity index (χ0) is 14.4. The van der Waals surface area contributed by atoms with Gasteiger partial charge in [-0.05, 0) is 56.7 Å². The number of benzene rings is 1. The van der Waals surface area contributed by atoms with E-state index in [0.29, 0.717) is 11.6 Å². The number of hydrogen-bond acceptors (Lipinski definition) is 1. The van der Waals surface area contributed by atoms with Crippen LogP contribution in [0.5, 0.6) is 0 Å². The third-order valence-electron chi connectivity index (χ3n) is 3.63. The van der Waals surface area contributed by atoms with Gasteiger partial charge in [0.05, 0.1) is 0 Å². The Bertz CT molecular complexity index is 511. The van der Waals surface area contributed by atoms with Crippen LogP contribution in [-0.4, -0.2) is 12.6 Å². The lowest BCUT2D eigenvalue weighted by Gasteiger charge is -2.14. The Kier molecular flexibility index (Phi) is 5.48. The highest BCUT2D eigenvalue weighted by molar-refractivity contribution is 6.31. The number of urea groups is 1. The summed E-state index contributed by atoms with van der Waals surface area (Å²) in [5.41, 5.74) is 3.11. The maximum atomic E-state index is 11.8. The first kappa shape index (κ1) is 14.9. The number of halogens is 1. The van der Waals surface area contributed by atoms with Gasteiger partial charge < -0.3 is 10.6 Å². The monoisotopic (exact) mass is 292 g/mol. The lowest BCUT2D eigenvalue weighted by molar-refractivity contribution is 0.252. The molecule has 0 spiro atoms. The van der Waals surface area contributed by atoms with Gasteiger partial charge in [-0.25, -0.2) is 4.79 Å². The SMILES string of the molecule is Cc1c(Cl)cccc1NC(=O)NCCC1=CCCCC1. The van der Waals surface area contributed by atoms with E-state index in [1.165, 1.54) is 31.3 Å². The molecule has 1 aromatic rings. The molecular weight excluding hydrogens is 272 g/mol. The summed E-state index contributed by atoms with van der Waals surface area (Å²) in [6, 6.07) is 5.32. The largest absolute Gasteiger partial charge is 0.338 e. The Morgan fingerprint density at radius 3 is 2.95 bits per heavy atom. The number of nitrogens with one attached hydrogen (secondary N) is 2. The second-order valence-electron chi connectivity index (χ2n) is 5.15. The lowest BCUT2D eigenvalue weighted by atomic mass is 9.97. The molecule has 0 atom stereocenters. The van der Waals surface area contributed by atoms with Gasteiger partial charge in [0.15, 0.2) is 0 Å². The first-order valence-corrected chi connectivity index (χ1v) is 7.52. The van der Waals surface area contributed by atoms with Crippen LogP contribution >= 0.6 is 11.6 Å². The van der Waals surface area contributed by atoms with Crippen LogP contribution < -0.4 is 10.6 Å². The summed E-state index contributed by atoms with van der Waals surface area (Å²) in [6.45, 7) is 2.57. The minimum atomic E-state index is -0.174. The van der Waals surface area contributed by atoms with Gasteiger partial charge >= 0.3 is 6.03 Å². The fourth-order valence-corrected chi connectivity index (χ4v) is 2.55. The molecule has 1 aliphatic rings. The molecule has 0 aromatic heterocycles. The Balaban J connectivity index is 1.78. The molecule has 0 bridgehead atoms. The predicted molar refractivity (Wildman–Crippen MR) is 84.4 cm³/mol. The molecule has 2 amide bonds. The molecule has 0 heterocycles. The zero-order valence-electron chi connectivity index (χ0n) is 11.8. The Hall–Kier alpha value is -1.48. The van der Waals surface area contributed by atoms with E-state index < -0.39 is 0 Å². The molecule has 0 fully saturated rings. The lowest BCUT2D eigenvalue weighted by Crippen LogP contribution is -2.30. The minimum Gasteiger partial charge on any atom is -0.338 e. The molecule has 2 rings (SSSR count). The number of rotatable bonds is 4. The molecule has 0 radical (unpaired) electrons. The molecule has 2 N–H and O–H groups in total. The van der Waals surface area contributed by atoms with Crippen molar-refractivity contribution < 1.29 is 4.79 Å². The van der Waals surface area contributed by atoms with Crippen molar-refractivity contribution in [3.05, 3.63) is 40.4 Å². The van der Waals surface area contributed by atoms with E-state index in [-0.39, 0.29) is 6.03 Å². The number of allylic oxidation sites excluding steroid dienone is 1. The first-order valence-electron chi connectivity index (χ1n) is 7.14. The third kappa shape index (κ3) is 4.27. The Morgan fingerprint density at radius 2 is 2.20 bits per heavy atom. The zero-order valence-corrected chi connectivity index (χ0v) is 12.6. The molecule has 20 heavy (non-hydrogen) atoms. The highest BCUT2D eigenvalue weighted by Gasteiger charge is 2.07. The second kappa shape index (κ2) is 7.34. The predicted octanol–water partition coefficient (Wildman–Crippen LogP) is 4.66. The van der Waals surface area contributed by atoms with Crippen molar-refractivity contribution in [1.82, 2.24) is 5.32 Å². The van der Waals surface area contributed by atoms with Crippen molar-refractivity contribution in [2.24, 2.45) is 0 Å². The van der Waals surface area contributed by atoms with Crippen LogP contribution in [0.3, 0.4) is 0 Å². The summed E-state index contributed by atoms with van der Waals surface area (Å²) in [7, 11) is 0. The van der Waals surface area contributed by atoms with Gasteiger partial charge in [-0.2, -0.15) is 0 Å². The summed E-state index contributed by atoms with van der Waals surface area (Å²) >= 11 is 6.02. The highest BCUT2D eigenvalue weighted by atomic mass is 35.5. The van der Waals surface area contributed by atoms with Crippen LogP contribution in [0.15, 0.2) is 29.8 Å². The third-order valence-corrected chi connectivity index (χ3v) is 4.04. The van der Waals surface area contributed by atoms with Gasteiger partial charge in [-0.3, -0.25) is 0 Å². The van der Waals surface area contributed by atoms with Crippen LogP contribution in [-0.2, 0) is 0 Å². The van der Waals surface area contributed by atoms with E-state index in [1.807, 2.05) is 25.1 Å². The van der Waals surface area contributed by atoms with Crippen molar-refractivity contribution in [1.29, 1.82) is 0 Å². The summed E-state index contributed by atoms with van der Waals surface area (Å²) in [5.74, 6) is 0. The van der Waals surface area contributed by atoms with Crippen LogP contribution in [0.1, 0.15) is 37.7 Å². The van der Waals surface area contributed by atoms with Crippen molar-refractivity contribution in [2.75, 3.05) is 11.9 Å². The fraction of sp³-hybridized carbons (Fsp3) is 0.438. The van der Waals surface area contributed by atoms with Crippen molar-refractivity contribution in [3.8, 4) is 0 Å². The first-order chi connectivity index (χ1) is 9.66. The van der Waals surface area contributed by atoms with E-state index in [4.69, 9.17) is 11.6 Å². The molecule has 108 valence electrons. The molecule has 3 nitrogen and oxygen atoms in total. The molecular formula is C16H21ClN2O. The fourth-order valence-electron chi connectivity index (χ4n) is 2.38. The summed E-state index contributed by atoms with van der Waals surface area (Å²) in [4.78, 5) is 11.8. The number of carbonyl (C=O) groups is 1. The molecule has 0 aliphatic heterocycles. The van der Waals surface area contributed by atoms with Crippen molar-refractivity contribution in [3.63, 3.8) is 0 Å². The normalized spacial score (nSPS) is 14.6.